The summed E-state index contributed by atoms with van der Waals surface area (Å²) in [7, 11) is 0. The normalized spacial score (nSPS) is 12.4. The number of allylic oxidation sites excluding steroid dienone is 4. The molecule has 0 aromatic heterocycles. The molecular formula is C13H15I. The van der Waals surface area contributed by atoms with E-state index in [9.17, 15) is 0 Å². The molecule has 14 heavy (non-hydrogen) atoms. The highest BCUT2D eigenvalue weighted by molar-refractivity contribution is 14.1. The van der Waals surface area contributed by atoms with Crippen LogP contribution < -0.4 is 0 Å². The monoisotopic (exact) mass is 298 g/mol. The molecule has 0 saturated carbocycles. The average molecular weight is 298 g/mol. The number of hydrogen-bond donors (Lipinski definition) is 0. The first-order chi connectivity index (χ1) is 6.74. The maximum atomic E-state index is 2.34. The van der Waals surface area contributed by atoms with Crippen molar-refractivity contribution in [3.63, 3.8) is 0 Å². The predicted octanol–water partition coefficient (Wildman–Crippen LogP) is 4.66. The van der Waals surface area contributed by atoms with E-state index >= 15 is 0 Å². The third-order valence-electron chi connectivity index (χ3n) is 2.00. The van der Waals surface area contributed by atoms with Gasteiger partial charge in [0.2, 0.25) is 0 Å². The summed E-state index contributed by atoms with van der Waals surface area (Å²) in [5, 5.41) is 0. The fourth-order valence-electron chi connectivity index (χ4n) is 1.18. The lowest BCUT2D eigenvalue weighted by Crippen LogP contribution is -1.79. The van der Waals surface area contributed by atoms with Crippen molar-refractivity contribution in [2.24, 2.45) is 0 Å². The van der Waals surface area contributed by atoms with Crippen LogP contribution in [0.5, 0.6) is 0 Å². The molecule has 1 aromatic carbocycles. The number of benzene rings is 1. The van der Waals surface area contributed by atoms with E-state index in [4.69, 9.17) is 0 Å². The van der Waals surface area contributed by atoms with E-state index in [1.54, 1.807) is 0 Å². The van der Waals surface area contributed by atoms with Crippen LogP contribution in [0.3, 0.4) is 0 Å². The second-order valence-corrected chi connectivity index (χ2v) is 4.44. The second-order valence-electron chi connectivity index (χ2n) is 3.20. The third-order valence-corrected chi connectivity index (χ3v) is 2.67. The lowest BCUT2D eigenvalue weighted by molar-refractivity contribution is 1.22. The van der Waals surface area contributed by atoms with Gasteiger partial charge < -0.3 is 0 Å². The van der Waals surface area contributed by atoms with Gasteiger partial charge in [0.15, 0.2) is 0 Å². The van der Waals surface area contributed by atoms with Crippen molar-refractivity contribution >= 4 is 28.2 Å². The zero-order chi connectivity index (χ0) is 10.4. The Morgan fingerprint density at radius 3 is 2.86 bits per heavy atom. The minimum absolute atomic E-state index is 1.09. The van der Waals surface area contributed by atoms with E-state index < -0.39 is 0 Å². The fraction of sp³-hybridized carbons (Fsp3) is 0.231. The average Bonchev–Trinajstić information content (AvgIpc) is 2.18. The zero-order valence-electron chi connectivity index (χ0n) is 8.63. The summed E-state index contributed by atoms with van der Waals surface area (Å²) in [5.74, 6) is 0. The molecule has 1 heteroatoms. The Morgan fingerprint density at radius 1 is 1.43 bits per heavy atom. The molecule has 0 radical (unpaired) electrons. The van der Waals surface area contributed by atoms with Crippen LogP contribution in [0.15, 0.2) is 42.5 Å². The first-order valence-electron chi connectivity index (χ1n) is 4.83. The van der Waals surface area contributed by atoms with Gasteiger partial charge in [-0.3, -0.25) is 0 Å². The zero-order valence-corrected chi connectivity index (χ0v) is 10.8. The van der Waals surface area contributed by atoms with Crippen LogP contribution in [-0.4, -0.2) is 0 Å². The van der Waals surface area contributed by atoms with Gasteiger partial charge in [-0.25, -0.2) is 0 Å². The molecule has 0 unspecified atom stereocenters. The van der Waals surface area contributed by atoms with Crippen molar-refractivity contribution in [1.29, 1.82) is 0 Å². The molecule has 0 aliphatic rings. The summed E-state index contributed by atoms with van der Waals surface area (Å²) in [6.45, 7) is 4.29. The molecule has 0 nitrogen and oxygen atoms in total. The van der Waals surface area contributed by atoms with Gasteiger partial charge in [-0.2, -0.15) is 0 Å². The largest absolute Gasteiger partial charge is 0.0848 e. The SMILES string of the molecule is CC/C=C\C=C(/C)c1cccc(I)c1. The van der Waals surface area contributed by atoms with Gasteiger partial charge in [0.1, 0.15) is 0 Å². The maximum absolute atomic E-state index is 2.34. The van der Waals surface area contributed by atoms with E-state index in [-0.39, 0.29) is 0 Å². The number of hydrogen-bond acceptors (Lipinski definition) is 0. The standard InChI is InChI=1S/C13H15I/c1-3-4-5-7-11(2)12-8-6-9-13(14)10-12/h4-10H,3H2,1-2H3/b5-4-,11-7+. The van der Waals surface area contributed by atoms with Crippen LogP contribution in [0.4, 0.5) is 0 Å². The Morgan fingerprint density at radius 2 is 2.21 bits per heavy atom. The second kappa shape index (κ2) is 6.02. The minimum Gasteiger partial charge on any atom is -0.0848 e. The van der Waals surface area contributed by atoms with Gasteiger partial charge in [0.25, 0.3) is 0 Å². The van der Waals surface area contributed by atoms with Crippen LogP contribution in [0.2, 0.25) is 0 Å². The first-order valence-corrected chi connectivity index (χ1v) is 5.91. The van der Waals surface area contributed by atoms with Crippen molar-refractivity contribution in [3.05, 3.63) is 51.6 Å². The molecule has 0 aliphatic heterocycles. The summed E-state index contributed by atoms with van der Waals surface area (Å²) in [4.78, 5) is 0. The number of rotatable bonds is 3. The highest BCUT2D eigenvalue weighted by Gasteiger charge is 1.94. The molecular weight excluding hydrogens is 283 g/mol. The van der Waals surface area contributed by atoms with Gasteiger partial charge in [-0.1, -0.05) is 37.3 Å². The Kier molecular flexibility index (Phi) is 4.94. The van der Waals surface area contributed by atoms with Gasteiger partial charge in [0.05, 0.1) is 0 Å². The molecule has 0 amide bonds. The minimum atomic E-state index is 1.09. The molecule has 0 spiro atoms. The molecule has 0 bridgehead atoms. The smallest absolute Gasteiger partial charge is 0.0136 e. The lowest BCUT2D eigenvalue weighted by Gasteiger charge is -2.00. The molecule has 0 fully saturated rings. The molecule has 0 aliphatic carbocycles. The molecule has 74 valence electrons. The summed E-state index contributed by atoms with van der Waals surface area (Å²) in [6, 6.07) is 8.55. The summed E-state index contributed by atoms with van der Waals surface area (Å²) in [5.41, 5.74) is 2.62. The van der Waals surface area contributed by atoms with Gasteiger partial charge in [-0.15, -0.1) is 0 Å². The van der Waals surface area contributed by atoms with Crippen LogP contribution in [-0.2, 0) is 0 Å². The predicted molar refractivity (Wildman–Crippen MR) is 72.2 cm³/mol. The van der Waals surface area contributed by atoms with Crippen LogP contribution in [0, 0.1) is 3.57 Å². The van der Waals surface area contributed by atoms with Crippen LogP contribution >= 0.6 is 22.6 Å². The van der Waals surface area contributed by atoms with Crippen molar-refractivity contribution < 1.29 is 0 Å². The van der Waals surface area contributed by atoms with Crippen LogP contribution in [0.1, 0.15) is 25.8 Å². The Hall–Kier alpha value is -0.570. The lowest BCUT2D eigenvalue weighted by atomic mass is 10.1. The summed E-state index contributed by atoms with van der Waals surface area (Å²) in [6.07, 6.45) is 7.54. The first kappa shape index (κ1) is 11.5. The van der Waals surface area contributed by atoms with E-state index in [0.717, 1.165) is 6.42 Å². The summed E-state index contributed by atoms with van der Waals surface area (Å²) < 4.78 is 1.28. The quantitative estimate of drug-likeness (QED) is 0.562. The fourth-order valence-corrected chi connectivity index (χ4v) is 1.72. The molecule has 0 heterocycles. The van der Waals surface area contributed by atoms with Gasteiger partial charge in [0, 0.05) is 3.57 Å². The Bertz CT molecular complexity index is 348. The highest BCUT2D eigenvalue weighted by Crippen LogP contribution is 2.16. The molecule has 0 saturated heterocycles. The van der Waals surface area contributed by atoms with Crippen LogP contribution in [0.25, 0.3) is 5.57 Å². The van der Waals surface area contributed by atoms with E-state index in [1.165, 1.54) is 14.7 Å². The van der Waals surface area contributed by atoms with Crippen molar-refractivity contribution in [2.75, 3.05) is 0 Å². The van der Waals surface area contributed by atoms with Crippen molar-refractivity contribution in [3.8, 4) is 0 Å². The Labute approximate surface area is 99.9 Å². The van der Waals surface area contributed by atoms with Crippen molar-refractivity contribution in [2.45, 2.75) is 20.3 Å². The Balaban J connectivity index is 2.83. The maximum Gasteiger partial charge on any atom is 0.0136 e. The van der Waals surface area contributed by atoms with Crippen molar-refractivity contribution in [1.82, 2.24) is 0 Å². The van der Waals surface area contributed by atoms with E-state index in [0.29, 0.717) is 0 Å². The molecule has 0 N–H and O–H groups in total. The highest BCUT2D eigenvalue weighted by atomic mass is 127. The topological polar surface area (TPSA) is 0 Å². The van der Waals surface area contributed by atoms with Gasteiger partial charge >= 0.3 is 0 Å². The third kappa shape index (κ3) is 3.66. The molecule has 0 atom stereocenters. The van der Waals surface area contributed by atoms with Gasteiger partial charge in [-0.05, 0) is 59.2 Å². The van der Waals surface area contributed by atoms with E-state index in [1.807, 2.05) is 0 Å². The molecule has 1 rings (SSSR count). The molecule has 1 aromatic rings. The summed E-state index contributed by atoms with van der Waals surface area (Å²) >= 11 is 2.34. The number of halogens is 1. The van der Waals surface area contributed by atoms with E-state index in [2.05, 4.69) is 78.9 Å².